The minimum absolute atomic E-state index is 0.0931. The number of nitro groups is 1. The zero-order valence-corrected chi connectivity index (χ0v) is 10.0. The van der Waals surface area contributed by atoms with Crippen LogP contribution in [0.25, 0.3) is 0 Å². The molecule has 0 radical (unpaired) electrons. The first-order valence-electron chi connectivity index (χ1n) is 5.61. The molecule has 5 nitrogen and oxygen atoms in total. The van der Waals surface area contributed by atoms with Gasteiger partial charge >= 0.3 is 0 Å². The van der Waals surface area contributed by atoms with Gasteiger partial charge in [0.1, 0.15) is 5.84 Å². The monoisotopic (exact) mass is 233 g/mol. The van der Waals surface area contributed by atoms with Gasteiger partial charge in [-0.1, -0.05) is 6.07 Å². The zero-order valence-electron chi connectivity index (χ0n) is 10.0. The minimum atomic E-state index is -0.387. The lowest BCUT2D eigenvalue weighted by Gasteiger charge is -2.11. The molecule has 2 rings (SSSR count). The smallest absolute Gasteiger partial charge is 0.271 e. The van der Waals surface area contributed by atoms with Crippen molar-refractivity contribution in [2.45, 2.75) is 19.8 Å². The van der Waals surface area contributed by atoms with Crippen molar-refractivity contribution < 1.29 is 4.92 Å². The van der Waals surface area contributed by atoms with Crippen LogP contribution in [0, 0.1) is 17.0 Å². The van der Waals surface area contributed by atoms with Gasteiger partial charge in [-0.25, -0.2) is 4.99 Å². The summed E-state index contributed by atoms with van der Waals surface area (Å²) in [5.74, 6) is 1.01. The fraction of sp³-hybridized carbons (Fsp3) is 0.417. The fourth-order valence-electron chi connectivity index (χ4n) is 1.91. The van der Waals surface area contributed by atoms with E-state index in [4.69, 9.17) is 0 Å². The molecule has 17 heavy (non-hydrogen) atoms. The van der Waals surface area contributed by atoms with Crippen LogP contribution >= 0.6 is 0 Å². The van der Waals surface area contributed by atoms with E-state index in [0.717, 1.165) is 30.8 Å². The highest BCUT2D eigenvalue weighted by Crippen LogP contribution is 2.26. The molecule has 1 saturated heterocycles. The van der Waals surface area contributed by atoms with E-state index in [0.29, 0.717) is 5.69 Å². The first kappa shape index (κ1) is 11.6. The minimum Gasteiger partial charge on any atom is -0.363 e. The molecule has 5 heteroatoms. The molecular weight excluding hydrogens is 218 g/mol. The summed E-state index contributed by atoms with van der Waals surface area (Å²) in [4.78, 5) is 16.9. The van der Waals surface area contributed by atoms with Crippen molar-refractivity contribution >= 4 is 17.2 Å². The summed E-state index contributed by atoms with van der Waals surface area (Å²) in [6, 6.07) is 4.79. The topological polar surface area (TPSA) is 58.7 Å². The average Bonchev–Trinajstić information content (AvgIpc) is 2.67. The molecule has 1 fully saturated rings. The van der Waals surface area contributed by atoms with Gasteiger partial charge in [-0.05, 0) is 18.9 Å². The normalized spacial score (nSPS) is 17.8. The molecule has 0 atom stereocenters. The van der Waals surface area contributed by atoms with Crippen LogP contribution in [-0.4, -0.2) is 29.3 Å². The van der Waals surface area contributed by atoms with Crippen LogP contribution in [0.15, 0.2) is 23.2 Å². The first-order valence-corrected chi connectivity index (χ1v) is 5.61. The van der Waals surface area contributed by atoms with Crippen molar-refractivity contribution in [1.29, 1.82) is 0 Å². The van der Waals surface area contributed by atoms with E-state index in [1.165, 1.54) is 12.1 Å². The summed E-state index contributed by atoms with van der Waals surface area (Å²) < 4.78 is 0. The van der Waals surface area contributed by atoms with Crippen molar-refractivity contribution in [3.8, 4) is 0 Å². The number of non-ortho nitro benzene ring substituents is 1. The van der Waals surface area contributed by atoms with E-state index in [-0.39, 0.29) is 10.6 Å². The number of aryl methyl sites for hydroxylation is 1. The highest BCUT2D eigenvalue weighted by atomic mass is 16.6. The predicted molar refractivity (Wildman–Crippen MR) is 66.8 cm³/mol. The molecule has 1 aromatic rings. The number of nitro benzene ring substituents is 1. The van der Waals surface area contributed by atoms with E-state index in [2.05, 4.69) is 9.89 Å². The van der Waals surface area contributed by atoms with E-state index in [1.54, 1.807) is 6.07 Å². The third-order valence-corrected chi connectivity index (χ3v) is 2.99. The van der Waals surface area contributed by atoms with Crippen LogP contribution in [0.4, 0.5) is 11.4 Å². The lowest BCUT2D eigenvalue weighted by atomic mass is 10.2. The molecule has 1 heterocycles. The summed E-state index contributed by atoms with van der Waals surface area (Å²) in [5, 5.41) is 10.7. The van der Waals surface area contributed by atoms with E-state index in [1.807, 2.05) is 14.0 Å². The molecule has 0 aliphatic carbocycles. The molecule has 0 amide bonds. The molecular formula is C12H15N3O2. The van der Waals surface area contributed by atoms with Crippen LogP contribution in [0.5, 0.6) is 0 Å². The van der Waals surface area contributed by atoms with Gasteiger partial charge in [-0.3, -0.25) is 10.1 Å². The largest absolute Gasteiger partial charge is 0.363 e. The van der Waals surface area contributed by atoms with Crippen LogP contribution < -0.4 is 0 Å². The third-order valence-electron chi connectivity index (χ3n) is 2.99. The lowest BCUT2D eigenvalue weighted by Crippen LogP contribution is -2.18. The second-order valence-corrected chi connectivity index (χ2v) is 4.28. The Labute approximate surface area is 99.9 Å². The van der Waals surface area contributed by atoms with Crippen molar-refractivity contribution in [2.75, 3.05) is 13.6 Å². The predicted octanol–water partition coefficient (Wildman–Crippen LogP) is 2.66. The highest BCUT2D eigenvalue weighted by Gasteiger charge is 2.15. The number of amidine groups is 1. The number of hydrogen-bond donors (Lipinski definition) is 0. The Hall–Kier alpha value is -1.91. The molecule has 0 unspecified atom stereocenters. The molecule has 0 bridgehead atoms. The number of hydrogen-bond acceptors (Lipinski definition) is 3. The van der Waals surface area contributed by atoms with Gasteiger partial charge in [0.15, 0.2) is 0 Å². The summed E-state index contributed by atoms with van der Waals surface area (Å²) in [5.41, 5.74) is 1.75. The van der Waals surface area contributed by atoms with Crippen LogP contribution in [0.3, 0.4) is 0 Å². The molecule has 0 N–H and O–H groups in total. The SMILES string of the molecule is Cc1ccc([N+](=O)[O-])cc1N=C1CCCN1C. The van der Waals surface area contributed by atoms with Gasteiger partial charge in [0.05, 0.1) is 10.6 Å². The van der Waals surface area contributed by atoms with Gasteiger partial charge in [0.2, 0.25) is 0 Å². The Kier molecular flexibility index (Phi) is 3.08. The maximum Gasteiger partial charge on any atom is 0.271 e. The Morgan fingerprint density at radius 2 is 2.24 bits per heavy atom. The summed E-state index contributed by atoms with van der Waals surface area (Å²) in [6.07, 6.45) is 2.04. The van der Waals surface area contributed by atoms with Gasteiger partial charge in [0, 0.05) is 32.1 Å². The number of benzene rings is 1. The fourth-order valence-corrected chi connectivity index (χ4v) is 1.91. The van der Waals surface area contributed by atoms with Gasteiger partial charge < -0.3 is 4.90 Å². The maximum absolute atomic E-state index is 10.7. The van der Waals surface area contributed by atoms with E-state index < -0.39 is 0 Å². The van der Waals surface area contributed by atoms with Crippen molar-refractivity contribution in [3.63, 3.8) is 0 Å². The Bertz CT molecular complexity index is 483. The number of likely N-dealkylation sites (tertiary alicyclic amines) is 1. The molecule has 90 valence electrons. The second kappa shape index (κ2) is 4.53. The highest BCUT2D eigenvalue weighted by molar-refractivity contribution is 5.86. The molecule has 0 saturated carbocycles. The van der Waals surface area contributed by atoms with Gasteiger partial charge in [-0.2, -0.15) is 0 Å². The van der Waals surface area contributed by atoms with Crippen molar-refractivity contribution in [1.82, 2.24) is 4.90 Å². The molecule has 0 aromatic heterocycles. The summed E-state index contributed by atoms with van der Waals surface area (Å²) in [7, 11) is 2.00. The number of nitrogens with zero attached hydrogens (tertiary/aromatic N) is 3. The van der Waals surface area contributed by atoms with Crippen molar-refractivity contribution in [2.24, 2.45) is 4.99 Å². The average molecular weight is 233 g/mol. The Balaban J connectivity index is 2.37. The zero-order chi connectivity index (χ0) is 12.4. The van der Waals surface area contributed by atoms with Gasteiger partial charge in [0.25, 0.3) is 5.69 Å². The standard InChI is InChI=1S/C12H15N3O2/c1-9-5-6-10(15(16)17)8-11(9)13-12-4-3-7-14(12)2/h5-6,8H,3-4,7H2,1-2H3. The first-order chi connectivity index (χ1) is 8.08. The summed E-state index contributed by atoms with van der Waals surface area (Å²) >= 11 is 0. The number of rotatable bonds is 2. The van der Waals surface area contributed by atoms with Gasteiger partial charge in [-0.15, -0.1) is 0 Å². The Morgan fingerprint density at radius 1 is 1.47 bits per heavy atom. The molecule has 1 aliphatic heterocycles. The van der Waals surface area contributed by atoms with Crippen LogP contribution in [-0.2, 0) is 0 Å². The second-order valence-electron chi connectivity index (χ2n) is 4.28. The summed E-state index contributed by atoms with van der Waals surface area (Å²) in [6.45, 7) is 2.92. The van der Waals surface area contributed by atoms with Crippen LogP contribution in [0.1, 0.15) is 18.4 Å². The quantitative estimate of drug-likeness (QED) is 0.582. The molecule has 0 spiro atoms. The third kappa shape index (κ3) is 2.43. The molecule has 1 aromatic carbocycles. The van der Waals surface area contributed by atoms with E-state index in [9.17, 15) is 10.1 Å². The van der Waals surface area contributed by atoms with Crippen LogP contribution in [0.2, 0.25) is 0 Å². The Morgan fingerprint density at radius 3 is 2.82 bits per heavy atom. The van der Waals surface area contributed by atoms with Crippen molar-refractivity contribution in [3.05, 3.63) is 33.9 Å². The lowest BCUT2D eigenvalue weighted by molar-refractivity contribution is -0.384. The number of aliphatic imine (C=N–C) groups is 1. The maximum atomic E-state index is 10.7. The van der Waals surface area contributed by atoms with E-state index >= 15 is 0 Å². The molecule has 1 aliphatic rings.